The van der Waals surface area contributed by atoms with E-state index in [0.717, 1.165) is 32.5 Å². The summed E-state index contributed by atoms with van der Waals surface area (Å²) in [5, 5.41) is 8.93. The summed E-state index contributed by atoms with van der Waals surface area (Å²) in [6.07, 6.45) is 1.56. The number of nitrogens with zero attached hydrogens (tertiary/aromatic N) is 1. The molecule has 100 valence electrons. The van der Waals surface area contributed by atoms with Gasteiger partial charge in [0.05, 0.1) is 5.92 Å². The van der Waals surface area contributed by atoms with Crippen LogP contribution in [-0.2, 0) is 11.3 Å². The lowest BCUT2D eigenvalue weighted by Crippen LogP contribution is -2.35. The lowest BCUT2D eigenvalue weighted by molar-refractivity contribution is -0.143. The van der Waals surface area contributed by atoms with Crippen molar-refractivity contribution in [1.82, 2.24) is 4.90 Å². The number of aliphatic carboxylic acids is 1. The summed E-state index contributed by atoms with van der Waals surface area (Å²) in [6.45, 7) is 4.82. The van der Waals surface area contributed by atoms with Gasteiger partial charge in [-0.3, -0.25) is 9.69 Å². The van der Waals surface area contributed by atoms with Crippen molar-refractivity contribution < 1.29 is 9.90 Å². The van der Waals surface area contributed by atoms with Crippen molar-refractivity contribution in [1.29, 1.82) is 0 Å². The van der Waals surface area contributed by atoms with E-state index in [9.17, 15) is 4.79 Å². The van der Waals surface area contributed by atoms with E-state index in [1.165, 1.54) is 11.1 Å². The van der Waals surface area contributed by atoms with Gasteiger partial charge in [-0.1, -0.05) is 29.8 Å². The molecule has 1 aromatic carbocycles. The van der Waals surface area contributed by atoms with Gasteiger partial charge in [-0.05, 0) is 38.4 Å². The monoisotopic (exact) mass is 269 g/mol. The second-order valence-corrected chi connectivity index (χ2v) is 4.88. The highest BCUT2D eigenvalue weighted by Gasteiger charge is 2.24. The van der Waals surface area contributed by atoms with Crippen LogP contribution in [0.15, 0.2) is 24.3 Å². The Labute approximate surface area is 114 Å². The van der Waals surface area contributed by atoms with Gasteiger partial charge in [0.1, 0.15) is 0 Å². The van der Waals surface area contributed by atoms with Crippen molar-refractivity contribution in [2.24, 2.45) is 5.92 Å². The van der Waals surface area contributed by atoms with Gasteiger partial charge >= 0.3 is 5.97 Å². The number of likely N-dealkylation sites (tertiary alicyclic amines) is 1. The van der Waals surface area contributed by atoms with E-state index >= 15 is 0 Å². The zero-order valence-corrected chi connectivity index (χ0v) is 11.4. The second kappa shape index (κ2) is 6.76. The Bertz CT molecular complexity index is 401. The topological polar surface area (TPSA) is 40.5 Å². The first-order chi connectivity index (χ1) is 8.15. The maximum Gasteiger partial charge on any atom is 0.306 e. The minimum absolute atomic E-state index is 0. The molecule has 0 saturated carbocycles. The molecular formula is C14H20ClNO2. The van der Waals surface area contributed by atoms with E-state index in [1.807, 2.05) is 0 Å². The predicted octanol–water partition coefficient (Wildman–Crippen LogP) is 2.71. The number of carbonyl (C=O) groups is 1. The van der Waals surface area contributed by atoms with Crippen LogP contribution >= 0.6 is 12.4 Å². The van der Waals surface area contributed by atoms with Crippen LogP contribution in [0.25, 0.3) is 0 Å². The molecule has 0 spiro atoms. The van der Waals surface area contributed by atoms with Crippen molar-refractivity contribution in [3.8, 4) is 0 Å². The normalized spacial score (nSPS) is 17.2. The van der Waals surface area contributed by atoms with Crippen LogP contribution in [0.5, 0.6) is 0 Å². The number of carboxylic acids is 1. The molecule has 1 saturated heterocycles. The number of aryl methyl sites for hydroxylation is 1. The molecule has 0 unspecified atom stereocenters. The van der Waals surface area contributed by atoms with Gasteiger partial charge in [0.25, 0.3) is 0 Å². The van der Waals surface area contributed by atoms with Gasteiger partial charge in [0, 0.05) is 6.54 Å². The van der Waals surface area contributed by atoms with Crippen LogP contribution in [0.3, 0.4) is 0 Å². The third kappa shape index (κ3) is 4.00. The van der Waals surface area contributed by atoms with Crippen molar-refractivity contribution in [3.05, 3.63) is 35.4 Å². The molecule has 3 nitrogen and oxygen atoms in total. The molecule has 18 heavy (non-hydrogen) atoms. The summed E-state index contributed by atoms with van der Waals surface area (Å²) in [5.74, 6) is -0.774. The molecular weight excluding hydrogens is 250 g/mol. The summed E-state index contributed by atoms with van der Waals surface area (Å²) in [5.41, 5.74) is 2.60. The van der Waals surface area contributed by atoms with Crippen LogP contribution in [-0.4, -0.2) is 29.1 Å². The fourth-order valence-electron chi connectivity index (χ4n) is 2.41. The summed E-state index contributed by atoms with van der Waals surface area (Å²) in [6, 6.07) is 8.51. The summed E-state index contributed by atoms with van der Waals surface area (Å²) >= 11 is 0. The number of rotatable bonds is 3. The largest absolute Gasteiger partial charge is 0.481 e. The standard InChI is InChI=1S/C14H19NO2.ClH/c1-11-3-2-4-12(9-11)10-15-7-5-13(6-8-15)14(16)17;/h2-4,9,13H,5-8,10H2,1H3,(H,16,17);1H. The molecule has 0 aromatic heterocycles. The molecule has 0 atom stereocenters. The van der Waals surface area contributed by atoms with Crippen LogP contribution in [0.4, 0.5) is 0 Å². The van der Waals surface area contributed by atoms with E-state index < -0.39 is 5.97 Å². The van der Waals surface area contributed by atoms with Gasteiger partial charge in [-0.2, -0.15) is 0 Å². The average Bonchev–Trinajstić information content (AvgIpc) is 2.29. The summed E-state index contributed by atoms with van der Waals surface area (Å²) in [4.78, 5) is 13.2. The Morgan fingerprint density at radius 1 is 1.39 bits per heavy atom. The Morgan fingerprint density at radius 3 is 2.61 bits per heavy atom. The quantitative estimate of drug-likeness (QED) is 0.917. The van der Waals surface area contributed by atoms with Crippen molar-refractivity contribution >= 4 is 18.4 Å². The number of benzene rings is 1. The highest BCUT2D eigenvalue weighted by atomic mass is 35.5. The number of hydrogen-bond acceptors (Lipinski definition) is 2. The molecule has 0 radical (unpaired) electrons. The Hall–Kier alpha value is -1.06. The summed E-state index contributed by atoms with van der Waals surface area (Å²) in [7, 11) is 0. The van der Waals surface area contributed by atoms with Crippen LogP contribution in [0.1, 0.15) is 24.0 Å². The highest BCUT2D eigenvalue weighted by Crippen LogP contribution is 2.19. The molecule has 1 aromatic rings. The van der Waals surface area contributed by atoms with Crippen LogP contribution in [0, 0.1) is 12.8 Å². The zero-order valence-electron chi connectivity index (χ0n) is 10.6. The fraction of sp³-hybridized carbons (Fsp3) is 0.500. The number of piperidine rings is 1. The second-order valence-electron chi connectivity index (χ2n) is 4.88. The lowest BCUT2D eigenvalue weighted by Gasteiger charge is -2.30. The average molecular weight is 270 g/mol. The first kappa shape index (κ1) is 15.0. The molecule has 1 N–H and O–H groups in total. The molecule has 1 aliphatic heterocycles. The van der Waals surface area contributed by atoms with E-state index in [2.05, 4.69) is 36.1 Å². The Balaban J connectivity index is 0.00000162. The number of halogens is 1. The third-order valence-electron chi connectivity index (χ3n) is 3.43. The fourth-order valence-corrected chi connectivity index (χ4v) is 2.41. The maximum atomic E-state index is 10.8. The van der Waals surface area contributed by atoms with E-state index in [-0.39, 0.29) is 18.3 Å². The Morgan fingerprint density at radius 2 is 2.06 bits per heavy atom. The van der Waals surface area contributed by atoms with E-state index in [0.29, 0.717) is 0 Å². The van der Waals surface area contributed by atoms with E-state index in [1.54, 1.807) is 0 Å². The maximum absolute atomic E-state index is 10.8. The SMILES string of the molecule is Cc1cccc(CN2CCC(C(=O)O)CC2)c1.Cl. The van der Waals surface area contributed by atoms with Crippen molar-refractivity contribution in [2.75, 3.05) is 13.1 Å². The minimum atomic E-state index is -0.639. The molecule has 2 rings (SSSR count). The van der Waals surface area contributed by atoms with Gasteiger partial charge in [0.2, 0.25) is 0 Å². The van der Waals surface area contributed by atoms with Crippen LogP contribution in [0.2, 0.25) is 0 Å². The molecule has 1 heterocycles. The smallest absolute Gasteiger partial charge is 0.306 e. The molecule has 4 heteroatoms. The van der Waals surface area contributed by atoms with Gasteiger partial charge in [0.15, 0.2) is 0 Å². The van der Waals surface area contributed by atoms with Gasteiger partial charge in [-0.25, -0.2) is 0 Å². The minimum Gasteiger partial charge on any atom is -0.481 e. The molecule has 0 bridgehead atoms. The van der Waals surface area contributed by atoms with Crippen molar-refractivity contribution in [2.45, 2.75) is 26.3 Å². The van der Waals surface area contributed by atoms with Crippen LogP contribution < -0.4 is 0 Å². The zero-order chi connectivity index (χ0) is 12.3. The first-order valence-corrected chi connectivity index (χ1v) is 6.16. The third-order valence-corrected chi connectivity index (χ3v) is 3.43. The lowest BCUT2D eigenvalue weighted by atomic mass is 9.97. The predicted molar refractivity (Wildman–Crippen MR) is 74.1 cm³/mol. The highest BCUT2D eigenvalue weighted by molar-refractivity contribution is 5.85. The van der Waals surface area contributed by atoms with Crippen molar-refractivity contribution in [3.63, 3.8) is 0 Å². The molecule has 0 aliphatic carbocycles. The summed E-state index contributed by atoms with van der Waals surface area (Å²) < 4.78 is 0. The molecule has 0 amide bonds. The van der Waals surface area contributed by atoms with E-state index in [4.69, 9.17) is 5.11 Å². The van der Waals surface area contributed by atoms with Gasteiger partial charge < -0.3 is 5.11 Å². The number of carboxylic acid groups (broad SMARTS) is 1. The molecule has 1 aliphatic rings. The Kier molecular flexibility index (Phi) is 5.63. The molecule has 1 fully saturated rings. The van der Waals surface area contributed by atoms with Gasteiger partial charge in [-0.15, -0.1) is 12.4 Å². The first-order valence-electron chi connectivity index (χ1n) is 6.16. The number of hydrogen-bond donors (Lipinski definition) is 1.